The molecule has 0 unspecified atom stereocenters. The molecule has 0 radical (unpaired) electrons. The van der Waals surface area contributed by atoms with Crippen LogP contribution in [-0.2, 0) is 15.8 Å². The normalized spacial score (nSPS) is 11.9. The Bertz CT molecular complexity index is 652. The molecule has 0 atom stereocenters. The number of rotatable bonds is 6. The van der Waals surface area contributed by atoms with Gasteiger partial charge in [0, 0.05) is 18.2 Å². The fourth-order valence-corrected chi connectivity index (χ4v) is 1.72. The van der Waals surface area contributed by atoms with Crippen molar-refractivity contribution in [3.63, 3.8) is 0 Å². The van der Waals surface area contributed by atoms with Gasteiger partial charge in [-0.05, 0) is 18.6 Å². The van der Waals surface area contributed by atoms with Crippen molar-refractivity contribution in [2.45, 2.75) is 12.6 Å². The van der Waals surface area contributed by atoms with Crippen molar-refractivity contribution in [1.29, 1.82) is 0 Å². The molecule has 0 bridgehead atoms. The molecule has 1 rings (SSSR count). The molecule has 124 valence electrons. The van der Waals surface area contributed by atoms with Gasteiger partial charge in [0.05, 0.1) is 11.1 Å². The monoisotopic (exact) mass is 331 g/mol. The molecule has 0 heterocycles. The predicted molar refractivity (Wildman–Crippen MR) is 71.7 cm³/mol. The zero-order chi connectivity index (χ0) is 17.6. The van der Waals surface area contributed by atoms with Crippen LogP contribution in [0.15, 0.2) is 35.9 Å². The van der Waals surface area contributed by atoms with Gasteiger partial charge in [-0.2, -0.15) is 13.2 Å². The Labute approximate surface area is 128 Å². The summed E-state index contributed by atoms with van der Waals surface area (Å²) in [6.07, 6.45) is -4.59. The average molecular weight is 331 g/mol. The van der Waals surface area contributed by atoms with E-state index >= 15 is 0 Å². The maximum absolute atomic E-state index is 12.8. The SMILES string of the molecule is O=C(O)C=C(CCNC(=O)c1ccccc1C(F)(F)F)C(=O)O. The molecule has 0 saturated carbocycles. The lowest BCUT2D eigenvalue weighted by Gasteiger charge is -2.12. The van der Waals surface area contributed by atoms with Crippen molar-refractivity contribution in [3.05, 3.63) is 47.0 Å². The van der Waals surface area contributed by atoms with E-state index in [2.05, 4.69) is 5.32 Å². The summed E-state index contributed by atoms with van der Waals surface area (Å²) in [4.78, 5) is 33.0. The predicted octanol–water partition coefficient (Wildman–Crippen LogP) is 1.92. The molecule has 1 aromatic carbocycles. The van der Waals surface area contributed by atoms with Crippen LogP contribution in [0.25, 0.3) is 0 Å². The third-order valence-electron chi connectivity index (χ3n) is 2.73. The standard InChI is InChI=1S/C14H12F3NO5/c15-14(16,17)10-4-2-1-3-9(10)12(21)18-6-5-8(13(22)23)7-11(19)20/h1-4,7H,5-6H2,(H,18,21)(H,19,20)(H,22,23). The van der Waals surface area contributed by atoms with Crippen LogP contribution >= 0.6 is 0 Å². The molecule has 0 aromatic heterocycles. The molecule has 0 aliphatic rings. The smallest absolute Gasteiger partial charge is 0.417 e. The van der Waals surface area contributed by atoms with Crippen LogP contribution in [0.4, 0.5) is 13.2 Å². The minimum Gasteiger partial charge on any atom is -0.478 e. The number of carbonyl (C=O) groups is 3. The summed E-state index contributed by atoms with van der Waals surface area (Å²) in [6, 6.07) is 4.14. The van der Waals surface area contributed by atoms with E-state index in [1.54, 1.807) is 0 Å². The van der Waals surface area contributed by atoms with Gasteiger partial charge in [0.2, 0.25) is 0 Å². The van der Waals surface area contributed by atoms with Crippen molar-refractivity contribution in [2.75, 3.05) is 6.54 Å². The third kappa shape index (κ3) is 5.46. The van der Waals surface area contributed by atoms with E-state index in [9.17, 15) is 27.6 Å². The first-order valence-electron chi connectivity index (χ1n) is 6.24. The summed E-state index contributed by atoms with van der Waals surface area (Å²) in [6.45, 7) is -0.323. The van der Waals surface area contributed by atoms with Gasteiger partial charge >= 0.3 is 18.1 Å². The van der Waals surface area contributed by atoms with E-state index in [0.29, 0.717) is 6.08 Å². The van der Waals surface area contributed by atoms with Gasteiger partial charge in [-0.15, -0.1) is 0 Å². The number of carbonyl (C=O) groups excluding carboxylic acids is 1. The van der Waals surface area contributed by atoms with Crippen LogP contribution in [0.2, 0.25) is 0 Å². The molecular weight excluding hydrogens is 319 g/mol. The van der Waals surface area contributed by atoms with Crippen molar-refractivity contribution < 1.29 is 37.8 Å². The summed E-state index contributed by atoms with van der Waals surface area (Å²) in [5.41, 5.74) is -2.20. The van der Waals surface area contributed by atoms with Gasteiger partial charge in [0.1, 0.15) is 0 Å². The van der Waals surface area contributed by atoms with E-state index in [4.69, 9.17) is 10.2 Å². The van der Waals surface area contributed by atoms with Crippen LogP contribution in [0.3, 0.4) is 0 Å². The summed E-state index contributed by atoms with van der Waals surface area (Å²) in [5, 5.41) is 19.4. The Morgan fingerprint density at radius 3 is 2.26 bits per heavy atom. The minimum absolute atomic E-state index is 0.323. The first-order chi connectivity index (χ1) is 10.6. The van der Waals surface area contributed by atoms with Crippen LogP contribution in [-0.4, -0.2) is 34.6 Å². The molecule has 9 heteroatoms. The molecule has 0 saturated heterocycles. The first-order valence-corrected chi connectivity index (χ1v) is 6.24. The van der Waals surface area contributed by atoms with Crippen molar-refractivity contribution in [2.24, 2.45) is 0 Å². The molecule has 23 heavy (non-hydrogen) atoms. The topological polar surface area (TPSA) is 104 Å². The van der Waals surface area contributed by atoms with Gasteiger partial charge in [0.25, 0.3) is 5.91 Å². The average Bonchev–Trinajstić information content (AvgIpc) is 2.44. The zero-order valence-electron chi connectivity index (χ0n) is 11.6. The number of hydrogen-bond donors (Lipinski definition) is 3. The number of hydrogen-bond acceptors (Lipinski definition) is 3. The Morgan fingerprint density at radius 2 is 1.74 bits per heavy atom. The van der Waals surface area contributed by atoms with E-state index < -0.39 is 40.7 Å². The fraction of sp³-hybridized carbons (Fsp3) is 0.214. The number of amides is 1. The highest BCUT2D eigenvalue weighted by atomic mass is 19.4. The number of carboxylic acid groups (broad SMARTS) is 2. The Morgan fingerprint density at radius 1 is 1.13 bits per heavy atom. The maximum atomic E-state index is 12.8. The maximum Gasteiger partial charge on any atom is 0.417 e. The van der Waals surface area contributed by atoms with Crippen molar-refractivity contribution in [3.8, 4) is 0 Å². The van der Waals surface area contributed by atoms with Gasteiger partial charge in [-0.25, -0.2) is 9.59 Å². The summed E-state index contributed by atoms with van der Waals surface area (Å²) in [5.74, 6) is -3.99. The molecule has 3 N–H and O–H groups in total. The number of halogens is 3. The number of aliphatic carboxylic acids is 2. The zero-order valence-corrected chi connectivity index (χ0v) is 11.6. The highest BCUT2D eigenvalue weighted by Gasteiger charge is 2.34. The fourth-order valence-electron chi connectivity index (χ4n) is 1.72. The molecule has 6 nitrogen and oxygen atoms in total. The number of nitrogens with one attached hydrogen (secondary N) is 1. The van der Waals surface area contributed by atoms with E-state index in [0.717, 1.165) is 18.2 Å². The third-order valence-corrected chi connectivity index (χ3v) is 2.73. The molecular formula is C14H12F3NO5. The molecule has 0 aliphatic heterocycles. The summed E-state index contributed by atoms with van der Waals surface area (Å²) < 4.78 is 38.3. The second-order valence-corrected chi connectivity index (χ2v) is 4.36. The second-order valence-electron chi connectivity index (χ2n) is 4.36. The Balaban J connectivity index is 2.79. The minimum atomic E-state index is -4.70. The van der Waals surface area contributed by atoms with Gasteiger partial charge < -0.3 is 15.5 Å². The largest absolute Gasteiger partial charge is 0.478 e. The number of benzene rings is 1. The lowest BCUT2D eigenvalue weighted by molar-refractivity contribution is -0.138. The molecule has 1 amide bonds. The molecule has 0 spiro atoms. The van der Waals surface area contributed by atoms with Gasteiger partial charge in [0.15, 0.2) is 0 Å². The summed E-state index contributed by atoms with van der Waals surface area (Å²) >= 11 is 0. The van der Waals surface area contributed by atoms with E-state index in [-0.39, 0.29) is 13.0 Å². The quantitative estimate of drug-likeness (QED) is 0.691. The van der Waals surface area contributed by atoms with Crippen LogP contribution in [0.1, 0.15) is 22.3 Å². The number of alkyl halides is 3. The highest BCUT2D eigenvalue weighted by molar-refractivity contribution is 5.96. The summed E-state index contributed by atoms with van der Waals surface area (Å²) in [7, 11) is 0. The van der Waals surface area contributed by atoms with Gasteiger partial charge in [-0.1, -0.05) is 12.1 Å². The molecule has 1 aromatic rings. The first kappa shape index (κ1) is 18.2. The number of carboxylic acids is 2. The van der Waals surface area contributed by atoms with Crippen LogP contribution in [0, 0.1) is 0 Å². The van der Waals surface area contributed by atoms with E-state index in [1.165, 1.54) is 6.07 Å². The molecule has 0 aliphatic carbocycles. The highest BCUT2D eigenvalue weighted by Crippen LogP contribution is 2.31. The van der Waals surface area contributed by atoms with Crippen molar-refractivity contribution in [1.82, 2.24) is 5.32 Å². The van der Waals surface area contributed by atoms with E-state index in [1.807, 2.05) is 0 Å². The Kier molecular flexibility index (Phi) is 5.88. The Hall–Kier alpha value is -2.84. The van der Waals surface area contributed by atoms with Crippen LogP contribution < -0.4 is 5.32 Å². The lowest BCUT2D eigenvalue weighted by Crippen LogP contribution is -2.28. The van der Waals surface area contributed by atoms with Crippen molar-refractivity contribution >= 4 is 17.8 Å². The lowest BCUT2D eigenvalue weighted by atomic mass is 10.1. The second kappa shape index (κ2) is 7.43. The molecule has 0 fully saturated rings. The van der Waals surface area contributed by atoms with Crippen LogP contribution in [0.5, 0.6) is 0 Å². The van der Waals surface area contributed by atoms with Gasteiger partial charge in [-0.3, -0.25) is 4.79 Å².